The van der Waals surface area contributed by atoms with Crippen LogP contribution in [0, 0.1) is 0 Å². The van der Waals surface area contributed by atoms with Crippen molar-refractivity contribution in [2.45, 2.75) is 30.8 Å². The average molecular weight is 562 g/mol. The molecule has 2 N–H and O–H groups in total. The van der Waals surface area contributed by atoms with E-state index in [9.17, 15) is 18.0 Å². The monoisotopic (exact) mass is 561 g/mol. The predicted octanol–water partition coefficient (Wildman–Crippen LogP) is 4.36. The van der Waals surface area contributed by atoms with E-state index >= 15 is 0 Å². The Morgan fingerprint density at radius 3 is 2.44 bits per heavy atom. The first-order valence-electron chi connectivity index (χ1n) is 12.9. The number of amides is 1. The first-order valence-corrected chi connectivity index (χ1v) is 12.9. The molecule has 41 heavy (non-hydrogen) atoms. The maximum absolute atomic E-state index is 13.5. The molecule has 13 heteroatoms. The van der Waals surface area contributed by atoms with Crippen molar-refractivity contribution >= 4 is 29.1 Å². The fraction of sp³-hybridized carbons (Fsp3) is 0.250. The number of aliphatic imine (C=N–C) groups is 1. The molecule has 3 aliphatic heterocycles. The molecule has 0 saturated carbocycles. The van der Waals surface area contributed by atoms with Crippen LogP contribution in [0.15, 0.2) is 76.1 Å². The summed E-state index contributed by atoms with van der Waals surface area (Å²) in [6.45, 7) is 0.789. The minimum Gasteiger partial charge on any atom is -0.403 e. The van der Waals surface area contributed by atoms with Gasteiger partial charge in [-0.1, -0.05) is 53.6 Å². The van der Waals surface area contributed by atoms with Crippen molar-refractivity contribution in [2.75, 3.05) is 28.7 Å². The van der Waals surface area contributed by atoms with Gasteiger partial charge in [-0.15, -0.1) is 5.10 Å². The number of carbonyl (C=O) groups excluding carboxylic acids is 1. The Morgan fingerprint density at radius 2 is 1.68 bits per heavy atom. The molecule has 208 valence electrons. The molecule has 2 saturated heterocycles. The second-order valence-corrected chi connectivity index (χ2v) is 9.89. The Bertz CT molecular complexity index is 1640. The van der Waals surface area contributed by atoms with Crippen LogP contribution in [0.1, 0.15) is 23.2 Å². The van der Waals surface area contributed by atoms with Gasteiger partial charge in [0.2, 0.25) is 6.17 Å². The molecule has 4 aromatic rings. The van der Waals surface area contributed by atoms with Crippen LogP contribution in [0.4, 0.5) is 30.7 Å². The van der Waals surface area contributed by atoms with Crippen LogP contribution in [0.3, 0.4) is 0 Å². The number of benzodiazepines with no additional fused rings is 1. The van der Waals surface area contributed by atoms with Crippen LogP contribution in [0.5, 0.6) is 0 Å². The summed E-state index contributed by atoms with van der Waals surface area (Å²) in [5.74, 6) is -0.390. The Balaban J connectivity index is 1.23. The number of pyridine rings is 1. The maximum atomic E-state index is 13.5. The highest BCUT2D eigenvalue weighted by Gasteiger charge is 2.45. The number of nitrogens with one attached hydrogen (secondary N) is 2. The van der Waals surface area contributed by atoms with Crippen molar-refractivity contribution in [3.8, 4) is 11.5 Å². The van der Waals surface area contributed by atoms with Crippen molar-refractivity contribution in [3.63, 3.8) is 0 Å². The molecule has 0 radical (unpaired) electrons. The minimum atomic E-state index is -4.62. The van der Waals surface area contributed by atoms with Gasteiger partial charge in [-0.05, 0) is 24.6 Å². The zero-order valence-electron chi connectivity index (χ0n) is 21.3. The fourth-order valence-electron chi connectivity index (χ4n) is 5.34. The zero-order valence-corrected chi connectivity index (χ0v) is 21.3. The SMILES string of the molecule is O=C1Nc2ccccc2C(c2ccccc2)=N[C@@H]1Nc1nnc(-c2ccc(C(F)(F)F)nc2N2C3COCC2C3)o1. The Labute approximate surface area is 231 Å². The van der Waals surface area contributed by atoms with Gasteiger partial charge in [0.05, 0.1) is 42.3 Å². The van der Waals surface area contributed by atoms with Crippen molar-refractivity contribution in [1.82, 2.24) is 15.2 Å². The highest BCUT2D eigenvalue weighted by molar-refractivity contribution is 6.19. The number of carbonyl (C=O) groups is 1. The van der Waals surface area contributed by atoms with E-state index in [2.05, 4.69) is 25.8 Å². The summed E-state index contributed by atoms with van der Waals surface area (Å²) in [6.07, 6.45) is -4.96. The largest absolute Gasteiger partial charge is 0.433 e. The summed E-state index contributed by atoms with van der Waals surface area (Å²) in [5.41, 5.74) is 1.96. The molecule has 2 fully saturated rings. The van der Waals surface area contributed by atoms with Gasteiger partial charge in [0.15, 0.2) is 0 Å². The number of halogens is 3. The number of nitrogens with zero attached hydrogens (tertiary/aromatic N) is 5. The molecular formula is C28H22F3N7O3. The zero-order chi connectivity index (χ0) is 28.1. The van der Waals surface area contributed by atoms with E-state index in [4.69, 9.17) is 14.1 Å². The molecule has 0 aliphatic carbocycles. The van der Waals surface area contributed by atoms with E-state index in [1.165, 1.54) is 6.07 Å². The van der Waals surface area contributed by atoms with Crippen molar-refractivity contribution < 1.29 is 27.1 Å². The van der Waals surface area contributed by atoms with Crippen LogP contribution < -0.4 is 15.5 Å². The lowest BCUT2D eigenvalue weighted by Gasteiger charge is -2.53. The molecule has 3 atom stereocenters. The second kappa shape index (κ2) is 9.70. The number of rotatable bonds is 5. The molecule has 3 aliphatic rings. The van der Waals surface area contributed by atoms with E-state index in [1.54, 1.807) is 6.07 Å². The number of hydrogen-bond acceptors (Lipinski definition) is 9. The van der Waals surface area contributed by atoms with Gasteiger partial charge in [-0.25, -0.2) is 9.98 Å². The molecule has 2 aromatic carbocycles. The summed E-state index contributed by atoms with van der Waals surface area (Å²) in [7, 11) is 0. The van der Waals surface area contributed by atoms with Gasteiger partial charge >= 0.3 is 12.2 Å². The molecule has 2 aromatic heterocycles. The summed E-state index contributed by atoms with van der Waals surface area (Å²) in [4.78, 5) is 23.6. The number of alkyl halides is 3. The lowest BCUT2D eigenvalue weighted by atomic mass is 9.90. The molecular weight excluding hydrogens is 539 g/mol. The number of ether oxygens (including phenoxy) is 1. The van der Waals surface area contributed by atoms with Crippen molar-refractivity contribution in [2.24, 2.45) is 4.99 Å². The lowest BCUT2D eigenvalue weighted by Crippen LogP contribution is -2.64. The molecule has 10 nitrogen and oxygen atoms in total. The van der Waals surface area contributed by atoms with Gasteiger partial charge in [0, 0.05) is 11.1 Å². The van der Waals surface area contributed by atoms with Crippen LogP contribution in [-0.2, 0) is 15.7 Å². The van der Waals surface area contributed by atoms with E-state index in [1.807, 2.05) is 53.4 Å². The summed E-state index contributed by atoms with van der Waals surface area (Å²) in [6, 6.07) is 18.6. The number of morpholine rings is 1. The fourth-order valence-corrected chi connectivity index (χ4v) is 5.34. The standard InChI is InChI=1S/C28H22F3N7O3/c29-28(30,31)21-11-10-19(24(33-21)38-16-12-17(38)14-40-13-16)26-36-37-27(41-26)35-23-25(39)32-20-9-5-4-8-18(20)22(34-23)15-6-2-1-3-7-15/h1-11,16-17,23H,12-14H2,(H,32,39)(H,35,37)/t16?,17?,23-/m1/s1. The number of fused-ring (bicyclic) bond motifs is 3. The first kappa shape index (κ1) is 25.2. The Kier molecular flexibility index (Phi) is 5.96. The maximum Gasteiger partial charge on any atom is 0.433 e. The van der Waals surface area contributed by atoms with E-state index in [0.29, 0.717) is 24.6 Å². The van der Waals surface area contributed by atoms with E-state index in [0.717, 1.165) is 23.6 Å². The third-order valence-corrected chi connectivity index (χ3v) is 7.27. The average Bonchev–Trinajstić information content (AvgIpc) is 3.39. The third-order valence-electron chi connectivity index (χ3n) is 7.27. The van der Waals surface area contributed by atoms with Crippen molar-refractivity contribution in [3.05, 3.63) is 83.6 Å². The molecule has 0 spiro atoms. The molecule has 2 bridgehead atoms. The Morgan fingerprint density at radius 1 is 0.927 bits per heavy atom. The van der Waals surface area contributed by atoms with Crippen LogP contribution in [0.2, 0.25) is 0 Å². The normalized spacial score (nSPS) is 21.7. The number of benzene rings is 2. The molecule has 5 heterocycles. The topological polar surface area (TPSA) is 118 Å². The molecule has 2 unspecified atom stereocenters. The lowest BCUT2D eigenvalue weighted by molar-refractivity contribution is -0.141. The number of anilines is 3. The van der Waals surface area contributed by atoms with Gasteiger partial charge in [0.25, 0.3) is 11.8 Å². The van der Waals surface area contributed by atoms with Crippen molar-refractivity contribution in [1.29, 1.82) is 0 Å². The van der Waals surface area contributed by atoms with E-state index in [-0.39, 0.29) is 35.4 Å². The first-order chi connectivity index (χ1) is 19.8. The number of para-hydroxylation sites is 1. The van der Waals surface area contributed by atoms with Crippen LogP contribution in [0.25, 0.3) is 11.5 Å². The summed E-state index contributed by atoms with van der Waals surface area (Å²) >= 11 is 0. The molecule has 1 amide bonds. The minimum absolute atomic E-state index is 0.0424. The number of aromatic nitrogens is 3. The third kappa shape index (κ3) is 4.57. The highest BCUT2D eigenvalue weighted by Crippen LogP contribution is 2.42. The number of hydrogen-bond donors (Lipinski definition) is 2. The van der Waals surface area contributed by atoms with Gasteiger partial charge < -0.3 is 24.7 Å². The highest BCUT2D eigenvalue weighted by atomic mass is 19.4. The smallest absolute Gasteiger partial charge is 0.403 e. The van der Waals surface area contributed by atoms with E-state index < -0.39 is 23.9 Å². The van der Waals surface area contributed by atoms with Gasteiger partial charge in [-0.3, -0.25) is 4.79 Å². The van der Waals surface area contributed by atoms with Gasteiger partial charge in [0.1, 0.15) is 11.5 Å². The van der Waals surface area contributed by atoms with Crippen LogP contribution in [-0.4, -0.2) is 58.3 Å². The quantitative estimate of drug-likeness (QED) is 0.369. The predicted molar refractivity (Wildman–Crippen MR) is 143 cm³/mol. The second-order valence-electron chi connectivity index (χ2n) is 9.89. The van der Waals surface area contributed by atoms with Gasteiger partial charge in [-0.2, -0.15) is 13.2 Å². The summed E-state index contributed by atoms with van der Waals surface area (Å²) in [5, 5.41) is 13.8. The summed E-state index contributed by atoms with van der Waals surface area (Å²) < 4.78 is 52.0. The molecule has 7 rings (SSSR count). The van der Waals surface area contributed by atoms with Crippen LogP contribution >= 0.6 is 0 Å². The Hall–Kier alpha value is -4.78.